The van der Waals surface area contributed by atoms with Gasteiger partial charge in [0.25, 0.3) is 5.82 Å². The smallest absolute Gasteiger partial charge is 0.353 e. The molecule has 6 nitrogen and oxygen atoms in total. The summed E-state index contributed by atoms with van der Waals surface area (Å²) in [7, 11) is 0. The summed E-state index contributed by atoms with van der Waals surface area (Å²) in [6, 6.07) is 24.0. The molecule has 32 heavy (non-hydrogen) atoms. The number of halogens is 3. The highest BCUT2D eigenvalue weighted by Gasteiger charge is 2.38. The van der Waals surface area contributed by atoms with Gasteiger partial charge in [0.15, 0.2) is 5.65 Å². The van der Waals surface area contributed by atoms with E-state index in [0.29, 0.717) is 18.9 Å². The lowest BCUT2D eigenvalue weighted by molar-refractivity contribution is -0.146. The zero-order chi connectivity index (χ0) is 22.1. The van der Waals surface area contributed by atoms with Gasteiger partial charge in [-0.2, -0.15) is 17.7 Å². The lowest BCUT2D eigenvalue weighted by Gasteiger charge is -2.40. The van der Waals surface area contributed by atoms with Crippen LogP contribution in [0.5, 0.6) is 0 Å². The molecule has 0 atom stereocenters. The second-order valence-corrected chi connectivity index (χ2v) is 7.73. The Morgan fingerprint density at radius 3 is 1.88 bits per heavy atom. The number of hydrogen-bond acceptors (Lipinski definition) is 5. The van der Waals surface area contributed by atoms with Crippen molar-refractivity contribution < 1.29 is 13.2 Å². The number of aromatic nitrogens is 4. The third kappa shape index (κ3) is 3.91. The number of rotatable bonds is 4. The van der Waals surface area contributed by atoms with E-state index < -0.39 is 12.0 Å². The number of piperazine rings is 1. The van der Waals surface area contributed by atoms with Gasteiger partial charge in [-0.1, -0.05) is 60.7 Å². The summed E-state index contributed by atoms with van der Waals surface area (Å²) in [5.74, 6) is -0.625. The SMILES string of the molecule is FC(F)(F)c1nnc2ccc(N3CCN(C(c4ccccc4)c4ccccc4)CC3)nn12. The van der Waals surface area contributed by atoms with E-state index in [1.165, 1.54) is 17.2 Å². The first-order valence-electron chi connectivity index (χ1n) is 10.4. The fourth-order valence-corrected chi connectivity index (χ4v) is 4.22. The molecule has 1 aliphatic heterocycles. The Hall–Kier alpha value is -3.46. The average Bonchev–Trinajstić information content (AvgIpc) is 3.25. The van der Waals surface area contributed by atoms with Gasteiger partial charge in [-0.15, -0.1) is 15.3 Å². The Labute approximate surface area is 182 Å². The van der Waals surface area contributed by atoms with E-state index >= 15 is 0 Å². The van der Waals surface area contributed by atoms with Gasteiger partial charge >= 0.3 is 6.18 Å². The molecule has 0 N–H and O–H groups in total. The fraction of sp³-hybridized carbons (Fsp3) is 0.261. The third-order valence-corrected chi connectivity index (χ3v) is 5.74. The molecule has 5 rings (SSSR count). The molecule has 0 aliphatic carbocycles. The number of anilines is 1. The topological polar surface area (TPSA) is 49.6 Å². The molecule has 4 aromatic rings. The van der Waals surface area contributed by atoms with Crippen molar-refractivity contribution in [1.29, 1.82) is 0 Å². The van der Waals surface area contributed by atoms with Crippen LogP contribution in [0.4, 0.5) is 19.0 Å². The van der Waals surface area contributed by atoms with Gasteiger partial charge in [-0.25, -0.2) is 0 Å². The van der Waals surface area contributed by atoms with E-state index in [4.69, 9.17) is 0 Å². The zero-order valence-electron chi connectivity index (χ0n) is 17.2. The predicted octanol–water partition coefficient (Wildman–Crippen LogP) is 4.05. The van der Waals surface area contributed by atoms with E-state index in [9.17, 15) is 13.2 Å². The van der Waals surface area contributed by atoms with E-state index in [0.717, 1.165) is 17.6 Å². The summed E-state index contributed by atoms with van der Waals surface area (Å²) >= 11 is 0. The second-order valence-electron chi connectivity index (χ2n) is 7.73. The average molecular weight is 438 g/mol. The van der Waals surface area contributed by atoms with Crippen LogP contribution in [0.2, 0.25) is 0 Å². The molecular weight excluding hydrogens is 417 g/mol. The Bertz CT molecular complexity index is 1150. The Kier molecular flexibility index (Phi) is 5.26. The summed E-state index contributed by atoms with van der Waals surface area (Å²) in [5.41, 5.74) is 2.50. The monoisotopic (exact) mass is 438 g/mol. The van der Waals surface area contributed by atoms with E-state index in [2.05, 4.69) is 44.5 Å². The van der Waals surface area contributed by atoms with Gasteiger partial charge in [-0.05, 0) is 23.3 Å². The first-order valence-corrected chi connectivity index (χ1v) is 10.4. The third-order valence-electron chi connectivity index (χ3n) is 5.74. The van der Waals surface area contributed by atoms with Crippen LogP contribution >= 0.6 is 0 Å². The summed E-state index contributed by atoms with van der Waals surface area (Å²) < 4.78 is 40.4. The summed E-state index contributed by atoms with van der Waals surface area (Å²) in [6.07, 6.45) is -4.61. The highest BCUT2D eigenvalue weighted by Crippen LogP contribution is 2.31. The maximum Gasteiger partial charge on any atom is 0.453 e. The van der Waals surface area contributed by atoms with Crippen molar-refractivity contribution in [2.24, 2.45) is 0 Å². The number of benzene rings is 2. The molecule has 0 unspecified atom stereocenters. The van der Waals surface area contributed by atoms with Crippen LogP contribution in [0, 0.1) is 0 Å². The molecule has 0 amide bonds. The van der Waals surface area contributed by atoms with Crippen LogP contribution in [0.3, 0.4) is 0 Å². The highest BCUT2D eigenvalue weighted by molar-refractivity contribution is 5.46. The maximum absolute atomic E-state index is 13.2. The first-order chi connectivity index (χ1) is 15.5. The fourth-order valence-electron chi connectivity index (χ4n) is 4.22. The first kappa shape index (κ1) is 20.4. The Balaban J connectivity index is 1.38. The van der Waals surface area contributed by atoms with Crippen molar-refractivity contribution in [3.8, 4) is 0 Å². The number of fused-ring (bicyclic) bond motifs is 1. The van der Waals surface area contributed by atoms with Crippen LogP contribution in [0.15, 0.2) is 72.8 Å². The largest absolute Gasteiger partial charge is 0.453 e. The van der Waals surface area contributed by atoms with Crippen LogP contribution in [-0.2, 0) is 6.18 Å². The minimum Gasteiger partial charge on any atom is -0.353 e. The molecule has 9 heteroatoms. The minimum atomic E-state index is -4.61. The van der Waals surface area contributed by atoms with Gasteiger partial charge in [0.2, 0.25) is 0 Å². The van der Waals surface area contributed by atoms with Crippen molar-refractivity contribution in [2.45, 2.75) is 12.2 Å². The van der Waals surface area contributed by atoms with E-state index in [1.54, 1.807) is 6.07 Å². The predicted molar refractivity (Wildman–Crippen MR) is 114 cm³/mol. The van der Waals surface area contributed by atoms with Crippen molar-refractivity contribution in [3.63, 3.8) is 0 Å². The lowest BCUT2D eigenvalue weighted by atomic mass is 9.96. The van der Waals surface area contributed by atoms with E-state index in [-0.39, 0.29) is 11.7 Å². The Morgan fingerprint density at radius 2 is 1.31 bits per heavy atom. The molecule has 1 saturated heterocycles. The van der Waals surface area contributed by atoms with Gasteiger partial charge in [0.05, 0.1) is 6.04 Å². The van der Waals surface area contributed by atoms with Gasteiger partial charge in [0.1, 0.15) is 5.82 Å². The Morgan fingerprint density at radius 1 is 0.719 bits per heavy atom. The molecule has 0 bridgehead atoms. The molecule has 1 aliphatic rings. The van der Waals surface area contributed by atoms with Crippen LogP contribution in [-0.4, -0.2) is 50.9 Å². The summed E-state index contributed by atoms with van der Waals surface area (Å²) in [4.78, 5) is 4.41. The molecular formula is C23H21F3N6. The number of alkyl halides is 3. The van der Waals surface area contributed by atoms with Crippen molar-refractivity contribution in [3.05, 3.63) is 89.7 Å². The molecule has 2 aromatic carbocycles. The minimum absolute atomic E-state index is 0.0768. The van der Waals surface area contributed by atoms with Crippen molar-refractivity contribution >= 4 is 11.5 Å². The zero-order valence-corrected chi connectivity index (χ0v) is 17.2. The van der Waals surface area contributed by atoms with Crippen LogP contribution < -0.4 is 4.90 Å². The lowest BCUT2D eigenvalue weighted by Crippen LogP contribution is -2.48. The summed E-state index contributed by atoms with van der Waals surface area (Å²) in [5, 5.41) is 11.0. The number of nitrogens with zero attached hydrogens (tertiary/aromatic N) is 6. The van der Waals surface area contributed by atoms with Crippen LogP contribution in [0.25, 0.3) is 5.65 Å². The van der Waals surface area contributed by atoms with Gasteiger partial charge in [0, 0.05) is 26.2 Å². The standard InChI is InChI=1S/C23H21F3N6/c24-23(25,26)22-28-27-19-11-12-20(29-32(19)22)30-13-15-31(16-14-30)21(17-7-3-1-4-8-17)18-9-5-2-6-10-18/h1-12,21H,13-16H2. The number of hydrogen-bond donors (Lipinski definition) is 0. The van der Waals surface area contributed by atoms with Crippen molar-refractivity contribution in [2.75, 3.05) is 31.1 Å². The molecule has 0 spiro atoms. The quantitative estimate of drug-likeness (QED) is 0.481. The molecule has 1 fully saturated rings. The van der Waals surface area contributed by atoms with Crippen molar-refractivity contribution in [1.82, 2.24) is 24.7 Å². The molecule has 3 heterocycles. The maximum atomic E-state index is 13.2. The van der Waals surface area contributed by atoms with Gasteiger partial charge < -0.3 is 4.90 Å². The normalized spacial score (nSPS) is 15.6. The van der Waals surface area contributed by atoms with Crippen LogP contribution in [0.1, 0.15) is 23.0 Å². The molecule has 2 aromatic heterocycles. The highest BCUT2D eigenvalue weighted by atomic mass is 19.4. The molecule has 0 saturated carbocycles. The summed E-state index contributed by atoms with van der Waals surface area (Å²) in [6.45, 7) is 2.81. The van der Waals surface area contributed by atoms with Gasteiger partial charge in [-0.3, -0.25) is 4.90 Å². The van der Waals surface area contributed by atoms with E-state index in [1.807, 2.05) is 41.3 Å². The molecule has 164 valence electrons. The molecule has 0 radical (unpaired) electrons. The second kappa shape index (κ2) is 8.23.